The molecule has 3 unspecified atom stereocenters. The lowest BCUT2D eigenvalue weighted by Crippen LogP contribution is -2.50. The summed E-state index contributed by atoms with van der Waals surface area (Å²) in [6.07, 6.45) is 6.23. The van der Waals surface area contributed by atoms with Gasteiger partial charge >= 0.3 is 12.0 Å². The van der Waals surface area contributed by atoms with Crippen LogP contribution in [0.25, 0.3) is 0 Å². The van der Waals surface area contributed by atoms with Crippen molar-refractivity contribution < 1.29 is 14.7 Å². The van der Waals surface area contributed by atoms with Crippen molar-refractivity contribution in [2.24, 2.45) is 5.92 Å². The Bertz CT molecular complexity index is 333. The second-order valence-corrected chi connectivity index (χ2v) is 6.04. The molecule has 3 atom stereocenters. The summed E-state index contributed by atoms with van der Waals surface area (Å²) in [7, 11) is 0. The van der Waals surface area contributed by atoms with Gasteiger partial charge in [-0.25, -0.2) is 4.79 Å². The quantitative estimate of drug-likeness (QED) is 0.763. The predicted molar refractivity (Wildman–Crippen MR) is 78.7 cm³/mol. The van der Waals surface area contributed by atoms with Gasteiger partial charge in [0.05, 0.1) is 0 Å². The maximum atomic E-state index is 12.3. The number of carbonyl (C=O) groups is 2. The van der Waals surface area contributed by atoms with E-state index in [-0.39, 0.29) is 24.7 Å². The fourth-order valence-corrected chi connectivity index (χ4v) is 2.68. The highest BCUT2D eigenvalue weighted by Gasteiger charge is 2.24. The molecule has 0 spiro atoms. The highest BCUT2D eigenvalue weighted by Crippen LogP contribution is 2.22. The van der Waals surface area contributed by atoms with E-state index in [1.165, 1.54) is 11.3 Å². The number of carboxylic acids is 1. The minimum atomic E-state index is -0.963. The van der Waals surface area contributed by atoms with Crippen molar-refractivity contribution in [3.8, 4) is 0 Å². The van der Waals surface area contributed by atoms with E-state index in [2.05, 4.69) is 12.2 Å². The van der Waals surface area contributed by atoms with Crippen LogP contribution in [-0.2, 0) is 4.79 Å². The van der Waals surface area contributed by atoms with Gasteiger partial charge in [-0.15, -0.1) is 0 Å². The normalized spacial score (nSPS) is 24.6. The molecule has 2 N–H and O–H groups in total. The van der Waals surface area contributed by atoms with Crippen LogP contribution in [0.2, 0.25) is 0 Å². The number of nitrogens with one attached hydrogen (secondary N) is 1. The molecule has 0 aliphatic heterocycles. The number of nitrogens with zero attached hydrogens (tertiary/aromatic N) is 1. The van der Waals surface area contributed by atoms with Crippen molar-refractivity contribution in [2.75, 3.05) is 6.54 Å². The monoisotopic (exact) mass is 284 g/mol. The average molecular weight is 284 g/mol. The lowest BCUT2D eigenvalue weighted by molar-refractivity contribution is -0.138. The SMILES string of the molecule is CCC(C)N(CC(=O)O)C(=O)NC1CCCC(C)CC1. The van der Waals surface area contributed by atoms with Crippen molar-refractivity contribution in [3.05, 3.63) is 0 Å². The Morgan fingerprint density at radius 1 is 1.30 bits per heavy atom. The number of amides is 2. The van der Waals surface area contributed by atoms with Gasteiger partial charge in [0.15, 0.2) is 0 Å². The second kappa shape index (κ2) is 8.12. The molecule has 2 amide bonds. The van der Waals surface area contributed by atoms with Gasteiger partial charge in [0.2, 0.25) is 0 Å². The number of hydrogen-bond donors (Lipinski definition) is 2. The third-order valence-corrected chi connectivity index (χ3v) is 4.27. The molecule has 0 aromatic carbocycles. The number of urea groups is 1. The van der Waals surface area contributed by atoms with Gasteiger partial charge in [-0.1, -0.05) is 26.7 Å². The summed E-state index contributed by atoms with van der Waals surface area (Å²) < 4.78 is 0. The van der Waals surface area contributed by atoms with E-state index in [0.717, 1.165) is 38.0 Å². The smallest absolute Gasteiger partial charge is 0.323 e. The first-order valence-electron chi connectivity index (χ1n) is 7.73. The van der Waals surface area contributed by atoms with Crippen molar-refractivity contribution in [3.63, 3.8) is 0 Å². The first-order valence-corrected chi connectivity index (χ1v) is 7.73. The molecule has 1 saturated carbocycles. The zero-order valence-electron chi connectivity index (χ0n) is 12.9. The zero-order valence-corrected chi connectivity index (χ0v) is 12.9. The van der Waals surface area contributed by atoms with Crippen LogP contribution in [-0.4, -0.2) is 40.6 Å². The molecule has 0 aromatic rings. The fourth-order valence-electron chi connectivity index (χ4n) is 2.68. The van der Waals surface area contributed by atoms with E-state index in [0.29, 0.717) is 0 Å². The van der Waals surface area contributed by atoms with Crippen molar-refractivity contribution >= 4 is 12.0 Å². The summed E-state index contributed by atoms with van der Waals surface area (Å²) in [5, 5.41) is 12.0. The molecule has 0 radical (unpaired) electrons. The van der Waals surface area contributed by atoms with Gasteiger partial charge < -0.3 is 15.3 Å². The van der Waals surface area contributed by atoms with E-state index in [1.807, 2.05) is 13.8 Å². The molecule has 116 valence electrons. The summed E-state index contributed by atoms with van der Waals surface area (Å²) in [6, 6.07) is -0.107. The summed E-state index contributed by atoms with van der Waals surface area (Å²) >= 11 is 0. The molecular formula is C15H28N2O3. The van der Waals surface area contributed by atoms with Gasteiger partial charge in [-0.2, -0.15) is 0 Å². The van der Waals surface area contributed by atoms with Crippen LogP contribution < -0.4 is 5.32 Å². The van der Waals surface area contributed by atoms with Gasteiger partial charge in [0.1, 0.15) is 6.54 Å². The van der Waals surface area contributed by atoms with Crippen LogP contribution in [0.3, 0.4) is 0 Å². The summed E-state index contributed by atoms with van der Waals surface area (Å²) in [5.74, 6) is -0.239. The van der Waals surface area contributed by atoms with Crippen molar-refractivity contribution in [2.45, 2.75) is 71.4 Å². The van der Waals surface area contributed by atoms with Gasteiger partial charge in [0, 0.05) is 12.1 Å². The fraction of sp³-hybridized carbons (Fsp3) is 0.867. The third-order valence-electron chi connectivity index (χ3n) is 4.27. The Kier molecular flexibility index (Phi) is 6.82. The molecule has 0 heterocycles. The molecule has 0 saturated heterocycles. The molecule has 5 heteroatoms. The van der Waals surface area contributed by atoms with Crippen molar-refractivity contribution in [1.29, 1.82) is 0 Å². The van der Waals surface area contributed by atoms with Crippen molar-refractivity contribution in [1.82, 2.24) is 10.2 Å². The number of carbonyl (C=O) groups excluding carboxylic acids is 1. The average Bonchev–Trinajstić information content (AvgIpc) is 2.60. The Hall–Kier alpha value is -1.26. The summed E-state index contributed by atoms with van der Waals surface area (Å²) in [5.41, 5.74) is 0. The van der Waals surface area contributed by atoms with Gasteiger partial charge in [0.25, 0.3) is 0 Å². The minimum Gasteiger partial charge on any atom is -0.480 e. The standard InChI is InChI=1S/C15H28N2O3/c1-4-12(3)17(10-14(18)19)15(20)16-13-7-5-6-11(2)8-9-13/h11-13H,4-10H2,1-3H3,(H,16,20)(H,18,19). The number of aliphatic carboxylic acids is 1. The van der Waals surface area contributed by atoms with E-state index in [4.69, 9.17) is 5.11 Å². The minimum absolute atomic E-state index is 0.0594. The van der Waals surface area contributed by atoms with Gasteiger partial charge in [-0.3, -0.25) is 4.79 Å². The lowest BCUT2D eigenvalue weighted by atomic mass is 10.0. The van der Waals surface area contributed by atoms with E-state index in [1.54, 1.807) is 0 Å². The summed E-state index contributed by atoms with van der Waals surface area (Å²) in [6.45, 7) is 5.86. The van der Waals surface area contributed by atoms with E-state index in [9.17, 15) is 9.59 Å². The molecule has 20 heavy (non-hydrogen) atoms. The maximum Gasteiger partial charge on any atom is 0.323 e. The summed E-state index contributed by atoms with van der Waals surface area (Å²) in [4.78, 5) is 24.6. The Balaban J connectivity index is 2.58. The first kappa shape index (κ1) is 16.8. The maximum absolute atomic E-state index is 12.3. The molecule has 5 nitrogen and oxygen atoms in total. The number of carboxylic acid groups (broad SMARTS) is 1. The van der Waals surface area contributed by atoms with Crippen LogP contribution in [0.1, 0.15) is 59.3 Å². The highest BCUT2D eigenvalue weighted by atomic mass is 16.4. The molecule has 0 aromatic heterocycles. The molecule has 0 bridgehead atoms. The van der Waals surface area contributed by atoms with E-state index >= 15 is 0 Å². The molecular weight excluding hydrogens is 256 g/mol. The zero-order chi connectivity index (χ0) is 15.1. The molecule has 1 aliphatic rings. The number of hydrogen-bond acceptors (Lipinski definition) is 2. The van der Waals surface area contributed by atoms with Gasteiger partial charge in [-0.05, 0) is 38.5 Å². The molecule has 1 fully saturated rings. The molecule has 1 rings (SSSR count). The Morgan fingerprint density at radius 2 is 2.00 bits per heavy atom. The number of rotatable bonds is 5. The lowest BCUT2D eigenvalue weighted by Gasteiger charge is -2.29. The Morgan fingerprint density at radius 3 is 2.60 bits per heavy atom. The predicted octanol–water partition coefficient (Wildman–Crippen LogP) is 2.85. The second-order valence-electron chi connectivity index (χ2n) is 6.04. The topological polar surface area (TPSA) is 69.6 Å². The van der Waals surface area contributed by atoms with Crippen LogP contribution >= 0.6 is 0 Å². The Labute approximate surface area is 121 Å². The molecule has 1 aliphatic carbocycles. The van der Waals surface area contributed by atoms with Crippen LogP contribution in [0.15, 0.2) is 0 Å². The highest BCUT2D eigenvalue weighted by molar-refractivity contribution is 5.80. The largest absolute Gasteiger partial charge is 0.480 e. The first-order chi connectivity index (χ1) is 9.43. The van der Waals surface area contributed by atoms with Crippen LogP contribution in [0, 0.1) is 5.92 Å². The van der Waals surface area contributed by atoms with Crippen LogP contribution in [0.4, 0.5) is 4.79 Å². The van der Waals surface area contributed by atoms with E-state index < -0.39 is 5.97 Å². The third kappa shape index (κ3) is 5.39. The van der Waals surface area contributed by atoms with Crippen LogP contribution in [0.5, 0.6) is 0 Å².